The van der Waals surface area contributed by atoms with Crippen LogP contribution >= 0.6 is 12.4 Å². The number of aromatic nitrogens is 2. The van der Waals surface area contributed by atoms with Crippen LogP contribution in [0.5, 0.6) is 0 Å². The number of aryl methyl sites for hydroxylation is 1. The van der Waals surface area contributed by atoms with Gasteiger partial charge in [-0.05, 0) is 6.07 Å². The second kappa shape index (κ2) is 3.48. The standard InChI is InChI=1S/C5H9N3.ClH/c1-8-3-2-5(4-6)7-8;/h2-3H,4,6H2,1H3;1H. The van der Waals surface area contributed by atoms with E-state index in [0.717, 1.165) is 5.69 Å². The molecule has 0 saturated carbocycles. The summed E-state index contributed by atoms with van der Waals surface area (Å²) in [5, 5.41) is 4.02. The van der Waals surface area contributed by atoms with Crippen molar-refractivity contribution in [2.24, 2.45) is 12.8 Å². The Labute approximate surface area is 60.3 Å². The van der Waals surface area contributed by atoms with Crippen LogP contribution in [0.15, 0.2) is 12.3 Å². The zero-order valence-corrected chi connectivity index (χ0v) is 6.06. The van der Waals surface area contributed by atoms with Gasteiger partial charge in [-0.2, -0.15) is 5.10 Å². The third kappa shape index (κ3) is 2.03. The van der Waals surface area contributed by atoms with E-state index in [4.69, 9.17) is 5.73 Å². The van der Waals surface area contributed by atoms with E-state index in [-0.39, 0.29) is 12.4 Å². The quantitative estimate of drug-likeness (QED) is 0.621. The topological polar surface area (TPSA) is 43.8 Å². The van der Waals surface area contributed by atoms with Gasteiger partial charge in [0.15, 0.2) is 0 Å². The Balaban J connectivity index is 0.000000640. The minimum Gasteiger partial charge on any atom is -0.325 e. The second-order valence-corrected chi connectivity index (χ2v) is 1.68. The Bertz CT molecular complexity index is 172. The average molecular weight is 148 g/mol. The molecule has 0 unspecified atom stereocenters. The molecule has 0 saturated heterocycles. The molecule has 0 aliphatic carbocycles. The SMILES string of the molecule is Cl.Cn1ccc(CN)n1. The van der Waals surface area contributed by atoms with Crippen LogP contribution < -0.4 is 5.73 Å². The third-order valence-corrected chi connectivity index (χ3v) is 0.978. The van der Waals surface area contributed by atoms with E-state index in [0.29, 0.717) is 6.54 Å². The Hall–Kier alpha value is -0.540. The first-order chi connectivity index (χ1) is 3.83. The Morgan fingerprint density at radius 1 is 1.78 bits per heavy atom. The maximum atomic E-state index is 5.29. The molecule has 0 atom stereocenters. The summed E-state index contributed by atoms with van der Waals surface area (Å²) in [5.41, 5.74) is 6.22. The summed E-state index contributed by atoms with van der Waals surface area (Å²) in [6, 6.07) is 1.90. The largest absolute Gasteiger partial charge is 0.325 e. The van der Waals surface area contributed by atoms with Crippen molar-refractivity contribution in [1.82, 2.24) is 9.78 Å². The molecule has 52 valence electrons. The van der Waals surface area contributed by atoms with E-state index in [1.54, 1.807) is 4.68 Å². The molecule has 0 amide bonds. The lowest BCUT2D eigenvalue weighted by Crippen LogP contribution is -1.98. The fourth-order valence-corrected chi connectivity index (χ4v) is 0.572. The lowest BCUT2D eigenvalue weighted by atomic mass is 10.4. The predicted molar refractivity (Wildman–Crippen MR) is 38.3 cm³/mol. The van der Waals surface area contributed by atoms with Crippen LogP contribution in [0.3, 0.4) is 0 Å². The van der Waals surface area contributed by atoms with Crippen molar-refractivity contribution < 1.29 is 0 Å². The van der Waals surface area contributed by atoms with Gasteiger partial charge in [0.25, 0.3) is 0 Å². The molecule has 4 heteroatoms. The number of nitrogens with two attached hydrogens (primary N) is 1. The molecule has 0 aromatic carbocycles. The van der Waals surface area contributed by atoms with E-state index in [9.17, 15) is 0 Å². The van der Waals surface area contributed by atoms with Crippen LogP contribution in [0.2, 0.25) is 0 Å². The molecule has 0 fully saturated rings. The van der Waals surface area contributed by atoms with Crippen molar-refractivity contribution in [2.45, 2.75) is 6.54 Å². The summed E-state index contributed by atoms with van der Waals surface area (Å²) in [6.07, 6.45) is 1.88. The van der Waals surface area contributed by atoms with Gasteiger partial charge in [0.1, 0.15) is 0 Å². The van der Waals surface area contributed by atoms with Crippen LogP contribution in [0.1, 0.15) is 5.69 Å². The van der Waals surface area contributed by atoms with Crippen molar-refractivity contribution in [3.8, 4) is 0 Å². The summed E-state index contributed by atoms with van der Waals surface area (Å²) in [6.45, 7) is 0.529. The first-order valence-corrected chi connectivity index (χ1v) is 2.51. The molecule has 0 bridgehead atoms. The molecule has 0 radical (unpaired) electrons. The Morgan fingerprint density at radius 2 is 2.44 bits per heavy atom. The van der Waals surface area contributed by atoms with Gasteiger partial charge in [-0.25, -0.2) is 0 Å². The molecule has 0 spiro atoms. The molecule has 1 heterocycles. The molecule has 1 rings (SSSR count). The fourth-order valence-electron chi connectivity index (χ4n) is 0.572. The van der Waals surface area contributed by atoms with Gasteiger partial charge in [-0.15, -0.1) is 12.4 Å². The predicted octanol–water partition coefficient (Wildman–Crippen LogP) is 0.301. The molecule has 9 heavy (non-hydrogen) atoms. The average Bonchev–Trinajstić information content (AvgIpc) is 2.14. The normalized spacial score (nSPS) is 8.67. The van der Waals surface area contributed by atoms with Crippen LogP contribution in [0, 0.1) is 0 Å². The summed E-state index contributed by atoms with van der Waals surface area (Å²) in [7, 11) is 1.87. The minimum atomic E-state index is 0. The van der Waals surface area contributed by atoms with Gasteiger partial charge in [-0.1, -0.05) is 0 Å². The lowest BCUT2D eigenvalue weighted by molar-refractivity contribution is 0.742. The lowest BCUT2D eigenvalue weighted by Gasteiger charge is -1.84. The van der Waals surface area contributed by atoms with Gasteiger partial charge in [0.05, 0.1) is 5.69 Å². The highest BCUT2D eigenvalue weighted by Crippen LogP contribution is 1.89. The molecule has 1 aromatic rings. The maximum absolute atomic E-state index is 5.29. The first-order valence-electron chi connectivity index (χ1n) is 2.51. The number of halogens is 1. The van der Waals surface area contributed by atoms with E-state index >= 15 is 0 Å². The minimum absolute atomic E-state index is 0. The van der Waals surface area contributed by atoms with Crippen molar-refractivity contribution in [3.63, 3.8) is 0 Å². The van der Waals surface area contributed by atoms with Gasteiger partial charge < -0.3 is 5.73 Å². The molecule has 0 aliphatic rings. The van der Waals surface area contributed by atoms with Crippen molar-refractivity contribution >= 4 is 12.4 Å². The van der Waals surface area contributed by atoms with Crippen LogP contribution in [-0.2, 0) is 13.6 Å². The summed E-state index contributed by atoms with van der Waals surface area (Å²) in [5.74, 6) is 0. The highest BCUT2D eigenvalue weighted by Gasteiger charge is 1.88. The highest BCUT2D eigenvalue weighted by atomic mass is 35.5. The van der Waals surface area contributed by atoms with Crippen molar-refractivity contribution in [1.29, 1.82) is 0 Å². The van der Waals surface area contributed by atoms with E-state index in [1.165, 1.54) is 0 Å². The van der Waals surface area contributed by atoms with E-state index in [1.807, 2.05) is 19.3 Å². The van der Waals surface area contributed by atoms with Crippen LogP contribution in [-0.4, -0.2) is 9.78 Å². The zero-order chi connectivity index (χ0) is 5.98. The summed E-state index contributed by atoms with van der Waals surface area (Å²) < 4.78 is 1.74. The van der Waals surface area contributed by atoms with Crippen molar-refractivity contribution in [2.75, 3.05) is 0 Å². The summed E-state index contributed by atoms with van der Waals surface area (Å²) >= 11 is 0. The van der Waals surface area contributed by atoms with Gasteiger partial charge >= 0.3 is 0 Å². The molecule has 1 aromatic heterocycles. The fraction of sp³-hybridized carbons (Fsp3) is 0.400. The number of hydrogen-bond donors (Lipinski definition) is 1. The zero-order valence-electron chi connectivity index (χ0n) is 5.24. The molecule has 3 nitrogen and oxygen atoms in total. The van der Waals surface area contributed by atoms with Gasteiger partial charge in [0.2, 0.25) is 0 Å². The second-order valence-electron chi connectivity index (χ2n) is 1.68. The maximum Gasteiger partial charge on any atom is 0.0760 e. The van der Waals surface area contributed by atoms with Crippen LogP contribution in [0.25, 0.3) is 0 Å². The monoisotopic (exact) mass is 147 g/mol. The van der Waals surface area contributed by atoms with Crippen molar-refractivity contribution in [3.05, 3.63) is 18.0 Å². The van der Waals surface area contributed by atoms with Gasteiger partial charge in [-0.3, -0.25) is 4.68 Å². The number of hydrogen-bond acceptors (Lipinski definition) is 2. The summed E-state index contributed by atoms with van der Waals surface area (Å²) in [4.78, 5) is 0. The van der Waals surface area contributed by atoms with E-state index < -0.39 is 0 Å². The number of nitrogens with zero attached hydrogens (tertiary/aromatic N) is 2. The first kappa shape index (κ1) is 8.46. The molecular weight excluding hydrogens is 138 g/mol. The Morgan fingerprint density at radius 3 is 2.67 bits per heavy atom. The molecular formula is C5H10ClN3. The smallest absolute Gasteiger partial charge is 0.0760 e. The Kier molecular flexibility index (Phi) is 3.27. The van der Waals surface area contributed by atoms with Gasteiger partial charge in [0, 0.05) is 19.8 Å². The number of rotatable bonds is 1. The molecule has 0 aliphatic heterocycles. The molecule has 2 N–H and O–H groups in total. The highest BCUT2D eigenvalue weighted by molar-refractivity contribution is 5.85. The third-order valence-electron chi connectivity index (χ3n) is 0.978. The van der Waals surface area contributed by atoms with Crippen LogP contribution in [0.4, 0.5) is 0 Å². The van der Waals surface area contributed by atoms with E-state index in [2.05, 4.69) is 5.10 Å².